The minimum Gasteiger partial charge on any atom is -0.490 e. The third kappa shape index (κ3) is 5.98. The fraction of sp³-hybridized carbons (Fsp3) is 0.316. The fourth-order valence-corrected chi connectivity index (χ4v) is 1.75. The number of nitrogens with zero attached hydrogens (tertiary/aromatic N) is 4. The van der Waals surface area contributed by atoms with E-state index in [1.807, 2.05) is 6.07 Å². The van der Waals surface area contributed by atoms with Gasteiger partial charge in [0.15, 0.2) is 0 Å². The van der Waals surface area contributed by atoms with E-state index in [4.69, 9.17) is 14.7 Å². The van der Waals surface area contributed by atoms with Gasteiger partial charge in [0.2, 0.25) is 0 Å². The van der Waals surface area contributed by atoms with E-state index in [0.29, 0.717) is 22.8 Å². The summed E-state index contributed by atoms with van der Waals surface area (Å²) in [6.07, 6.45) is 1.48. The zero-order valence-corrected chi connectivity index (χ0v) is 15.0. The molecule has 0 atom stereocenters. The number of azo groups is 1. The fourth-order valence-electron chi connectivity index (χ4n) is 1.75. The van der Waals surface area contributed by atoms with E-state index in [2.05, 4.69) is 15.2 Å². The summed E-state index contributed by atoms with van der Waals surface area (Å²) >= 11 is 0. The number of esters is 1. The van der Waals surface area contributed by atoms with Crippen molar-refractivity contribution in [3.63, 3.8) is 0 Å². The van der Waals surface area contributed by atoms with Crippen LogP contribution in [-0.2, 0) is 9.53 Å². The van der Waals surface area contributed by atoms with Gasteiger partial charge in [0, 0.05) is 0 Å². The van der Waals surface area contributed by atoms with Crippen LogP contribution in [0.3, 0.4) is 0 Å². The Morgan fingerprint density at radius 2 is 1.73 bits per heavy atom. The molecule has 1 heterocycles. The first-order valence-corrected chi connectivity index (χ1v) is 8.06. The SMILES string of the molecule is CC(C)(C)C(=O)OCCOc1ccc(N=Nc2ccc(C#N)nc2)cc1. The smallest absolute Gasteiger partial charge is 0.311 e. The predicted molar refractivity (Wildman–Crippen MR) is 95.5 cm³/mol. The molecule has 7 heteroatoms. The van der Waals surface area contributed by atoms with Gasteiger partial charge in [0.25, 0.3) is 0 Å². The summed E-state index contributed by atoms with van der Waals surface area (Å²) < 4.78 is 10.7. The molecule has 0 saturated heterocycles. The highest BCUT2D eigenvalue weighted by Gasteiger charge is 2.22. The molecule has 0 aliphatic carbocycles. The second-order valence-electron chi connectivity index (χ2n) is 6.44. The number of nitriles is 1. The zero-order chi connectivity index (χ0) is 19.0. The molecule has 1 aromatic carbocycles. The first-order chi connectivity index (χ1) is 12.4. The maximum absolute atomic E-state index is 11.6. The summed E-state index contributed by atoms with van der Waals surface area (Å²) in [5, 5.41) is 16.9. The van der Waals surface area contributed by atoms with E-state index in [-0.39, 0.29) is 19.2 Å². The topological polar surface area (TPSA) is 96.9 Å². The summed E-state index contributed by atoms with van der Waals surface area (Å²) in [6.45, 7) is 5.88. The Balaban J connectivity index is 1.81. The van der Waals surface area contributed by atoms with Crippen LogP contribution in [0.15, 0.2) is 52.8 Å². The average molecular weight is 352 g/mol. The Morgan fingerprint density at radius 3 is 2.31 bits per heavy atom. The number of benzene rings is 1. The van der Waals surface area contributed by atoms with Crippen LogP contribution in [0.25, 0.3) is 0 Å². The molecule has 0 radical (unpaired) electrons. The van der Waals surface area contributed by atoms with Crippen LogP contribution in [0, 0.1) is 16.7 Å². The first kappa shape index (κ1) is 19.1. The lowest BCUT2D eigenvalue weighted by Crippen LogP contribution is -2.24. The third-order valence-corrected chi connectivity index (χ3v) is 3.18. The summed E-state index contributed by atoms with van der Waals surface area (Å²) in [5.74, 6) is 0.393. The van der Waals surface area contributed by atoms with E-state index < -0.39 is 5.41 Å². The van der Waals surface area contributed by atoms with Crippen LogP contribution in [0.5, 0.6) is 5.75 Å². The van der Waals surface area contributed by atoms with Gasteiger partial charge in [-0.15, -0.1) is 5.11 Å². The zero-order valence-electron chi connectivity index (χ0n) is 15.0. The van der Waals surface area contributed by atoms with Gasteiger partial charge in [-0.1, -0.05) is 0 Å². The molecule has 0 amide bonds. The van der Waals surface area contributed by atoms with Gasteiger partial charge in [-0.2, -0.15) is 10.4 Å². The molecule has 2 rings (SSSR count). The van der Waals surface area contributed by atoms with Crippen molar-refractivity contribution in [1.29, 1.82) is 5.26 Å². The molecule has 1 aromatic heterocycles. The molecule has 7 nitrogen and oxygen atoms in total. The van der Waals surface area contributed by atoms with Crippen molar-refractivity contribution in [1.82, 2.24) is 4.98 Å². The van der Waals surface area contributed by atoms with Crippen LogP contribution in [0.1, 0.15) is 26.5 Å². The van der Waals surface area contributed by atoms with Crippen LogP contribution >= 0.6 is 0 Å². The lowest BCUT2D eigenvalue weighted by molar-refractivity contribution is -0.153. The van der Waals surface area contributed by atoms with Crippen LogP contribution in [-0.4, -0.2) is 24.2 Å². The van der Waals surface area contributed by atoms with Crippen molar-refractivity contribution in [3.05, 3.63) is 48.3 Å². The highest BCUT2D eigenvalue weighted by atomic mass is 16.6. The highest BCUT2D eigenvalue weighted by Crippen LogP contribution is 2.21. The summed E-state index contributed by atoms with van der Waals surface area (Å²) in [6, 6.07) is 12.2. The number of carbonyl (C=O) groups is 1. The molecule has 0 bridgehead atoms. The number of hydrogen-bond donors (Lipinski definition) is 0. The molecule has 134 valence electrons. The second kappa shape index (κ2) is 8.72. The van der Waals surface area contributed by atoms with Gasteiger partial charge >= 0.3 is 5.97 Å². The highest BCUT2D eigenvalue weighted by molar-refractivity contribution is 5.75. The standard InChI is InChI=1S/C19H20N4O3/c1-19(2,3)18(24)26-11-10-25-17-8-6-14(7-9-17)22-23-16-5-4-15(12-20)21-13-16/h4-9,13H,10-11H2,1-3H3. The largest absolute Gasteiger partial charge is 0.490 e. The Morgan fingerprint density at radius 1 is 1.08 bits per heavy atom. The molecule has 2 aromatic rings. The van der Waals surface area contributed by atoms with E-state index in [1.54, 1.807) is 57.2 Å². The maximum Gasteiger partial charge on any atom is 0.311 e. The Labute approximate surface area is 152 Å². The Kier molecular flexibility index (Phi) is 6.39. The predicted octanol–water partition coefficient (Wildman–Crippen LogP) is 4.34. The molecular formula is C19H20N4O3. The van der Waals surface area contributed by atoms with E-state index >= 15 is 0 Å². The summed E-state index contributed by atoms with van der Waals surface area (Å²) in [4.78, 5) is 15.5. The van der Waals surface area contributed by atoms with Crippen molar-refractivity contribution >= 4 is 17.3 Å². The normalized spacial score (nSPS) is 11.2. The van der Waals surface area contributed by atoms with Crippen LogP contribution in [0.2, 0.25) is 0 Å². The van der Waals surface area contributed by atoms with E-state index in [0.717, 1.165) is 0 Å². The lowest BCUT2D eigenvalue weighted by Gasteiger charge is -2.16. The van der Waals surface area contributed by atoms with Gasteiger partial charge in [-0.3, -0.25) is 4.79 Å². The second-order valence-corrected chi connectivity index (χ2v) is 6.44. The van der Waals surface area contributed by atoms with Crippen LogP contribution < -0.4 is 4.74 Å². The summed E-state index contributed by atoms with van der Waals surface area (Å²) in [7, 11) is 0. The number of hydrogen-bond acceptors (Lipinski definition) is 7. The quantitative estimate of drug-likeness (QED) is 0.438. The molecule has 26 heavy (non-hydrogen) atoms. The number of aromatic nitrogens is 1. The first-order valence-electron chi connectivity index (χ1n) is 8.06. The minimum absolute atomic E-state index is 0.198. The lowest BCUT2D eigenvalue weighted by atomic mass is 9.97. The van der Waals surface area contributed by atoms with Gasteiger partial charge in [0.1, 0.15) is 36.4 Å². The van der Waals surface area contributed by atoms with Gasteiger partial charge in [-0.25, -0.2) is 4.98 Å². The minimum atomic E-state index is -0.517. The molecule has 0 saturated carbocycles. The van der Waals surface area contributed by atoms with Crippen molar-refractivity contribution < 1.29 is 14.3 Å². The number of carbonyl (C=O) groups excluding carboxylic acids is 1. The van der Waals surface area contributed by atoms with Crippen molar-refractivity contribution in [3.8, 4) is 11.8 Å². The van der Waals surface area contributed by atoms with E-state index in [9.17, 15) is 4.79 Å². The molecule has 0 aliphatic rings. The van der Waals surface area contributed by atoms with Crippen molar-refractivity contribution in [2.24, 2.45) is 15.6 Å². The maximum atomic E-state index is 11.6. The number of rotatable bonds is 6. The molecule has 0 fully saturated rings. The van der Waals surface area contributed by atoms with Gasteiger partial charge in [-0.05, 0) is 57.2 Å². The molecule has 0 N–H and O–H groups in total. The molecule has 0 spiro atoms. The van der Waals surface area contributed by atoms with E-state index in [1.165, 1.54) is 6.20 Å². The Hall–Kier alpha value is -3.27. The van der Waals surface area contributed by atoms with Gasteiger partial charge < -0.3 is 9.47 Å². The van der Waals surface area contributed by atoms with Gasteiger partial charge in [0.05, 0.1) is 17.3 Å². The van der Waals surface area contributed by atoms with Crippen molar-refractivity contribution in [2.75, 3.05) is 13.2 Å². The number of ether oxygens (including phenoxy) is 2. The molecule has 0 unspecified atom stereocenters. The third-order valence-electron chi connectivity index (χ3n) is 3.18. The Bertz CT molecular complexity index is 801. The monoisotopic (exact) mass is 352 g/mol. The molecule has 0 aliphatic heterocycles. The molecular weight excluding hydrogens is 332 g/mol. The number of pyridine rings is 1. The van der Waals surface area contributed by atoms with Crippen molar-refractivity contribution in [2.45, 2.75) is 20.8 Å². The van der Waals surface area contributed by atoms with Crippen LogP contribution in [0.4, 0.5) is 11.4 Å². The summed E-state index contributed by atoms with van der Waals surface area (Å²) in [5.41, 5.74) is 1.03. The average Bonchev–Trinajstić information content (AvgIpc) is 2.64.